The van der Waals surface area contributed by atoms with E-state index in [0.29, 0.717) is 12.6 Å². The minimum atomic E-state index is 0.319. The van der Waals surface area contributed by atoms with Gasteiger partial charge in [0.05, 0.1) is 17.2 Å². The van der Waals surface area contributed by atoms with Crippen LogP contribution in [-0.2, 0) is 17.8 Å². The molecule has 0 bridgehead atoms. The maximum Gasteiger partial charge on any atom is 0.167 e. The summed E-state index contributed by atoms with van der Waals surface area (Å²) in [7, 11) is 1.67. The van der Waals surface area contributed by atoms with Crippen LogP contribution in [0.2, 0.25) is 0 Å². The minimum Gasteiger partial charge on any atom is -0.377 e. The molecule has 1 saturated heterocycles. The molecule has 1 unspecified atom stereocenters. The molecule has 2 aromatic rings. The number of ether oxygens (including phenoxy) is 1. The zero-order valence-corrected chi connectivity index (χ0v) is 13.1. The number of H-pyrrole nitrogens is 1. The summed E-state index contributed by atoms with van der Waals surface area (Å²) in [6.07, 6.45) is 4.62. The van der Waals surface area contributed by atoms with E-state index in [4.69, 9.17) is 4.74 Å². The SMILES string of the molecule is COCc1nc(C2CCCCN2CCc2cscn2)n[nH]1. The third-order valence-electron chi connectivity index (χ3n) is 3.88. The highest BCUT2D eigenvalue weighted by molar-refractivity contribution is 7.07. The lowest BCUT2D eigenvalue weighted by atomic mass is 10.0. The van der Waals surface area contributed by atoms with E-state index in [-0.39, 0.29) is 0 Å². The quantitative estimate of drug-likeness (QED) is 0.886. The van der Waals surface area contributed by atoms with Gasteiger partial charge in [0.25, 0.3) is 0 Å². The van der Waals surface area contributed by atoms with E-state index in [0.717, 1.165) is 37.6 Å². The third-order valence-corrected chi connectivity index (χ3v) is 4.52. The predicted octanol–water partition coefficient (Wildman–Crippen LogP) is 2.18. The van der Waals surface area contributed by atoms with Gasteiger partial charge in [-0.3, -0.25) is 10.00 Å². The second-order valence-corrected chi connectivity index (χ2v) is 6.07. The lowest BCUT2D eigenvalue weighted by molar-refractivity contribution is 0.143. The molecule has 1 aliphatic heterocycles. The Balaban J connectivity index is 1.65. The first-order valence-corrected chi connectivity index (χ1v) is 8.32. The molecule has 3 heterocycles. The molecule has 0 radical (unpaired) electrons. The minimum absolute atomic E-state index is 0.319. The molecule has 0 saturated carbocycles. The largest absolute Gasteiger partial charge is 0.377 e. The fourth-order valence-corrected chi connectivity index (χ4v) is 3.42. The van der Waals surface area contributed by atoms with Crippen molar-refractivity contribution in [3.05, 3.63) is 28.2 Å². The average Bonchev–Trinajstić information content (AvgIpc) is 3.17. The van der Waals surface area contributed by atoms with E-state index in [1.165, 1.54) is 18.5 Å². The maximum atomic E-state index is 5.10. The number of methoxy groups -OCH3 is 1. The van der Waals surface area contributed by atoms with E-state index in [1.807, 2.05) is 5.51 Å². The van der Waals surface area contributed by atoms with Crippen LogP contribution in [0.5, 0.6) is 0 Å². The summed E-state index contributed by atoms with van der Waals surface area (Å²) in [6.45, 7) is 2.62. The summed E-state index contributed by atoms with van der Waals surface area (Å²) in [5.74, 6) is 1.71. The summed E-state index contributed by atoms with van der Waals surface area (Å²) in [5, 5.41) is 9.48. The van der Waals surface area contributed by atoms with Crippen molar-refractivity contribution >= 4 is 11.3 Å². The zero-order chi connectivity index (χ0) is 14.5. The number of hydrogen-bond acceptors (Lipinski definition) is 6. The van der Waals surface area contributed by atoms with E-state index in [1.54, 1.807) is 18.4 Å². The lowest BCUT2D eigenvalue weighted by Crippen LogP contribution is -2.35. The number of aromatic amines is 1. The Labute approximate surface area is 128 Å². The lowest BCUT2D eigenvalue weighted by Gasteiger charge is -2.33. The number of hydrogen-bond donors (Lipinski definition) is 1. The number of thiazole rings is 1. The molecule has 21 heavy (non-hydrogen) atoms. The van der Waals surface area contributed by atoms with Crippen LogP contribution in [0, 0.1) is 0 Å². The Hall–Kier alpha value is -1.31. The second kappa shape index (κ2) is 7.11. The molecule has 0 amide bonds. The molecule has 1 atom stereocenters. The molecule has 0 aromatic carbocycles. The van der Waals surface area contributed by atoms with Crippen LogP contribution >= 0.6 is 11.3 Å². The number of piperidine rings is 1. The summed E-state index contributed by atoms with van der Waals surface area (Å²) < 4.78 is 5.10. The van der Waals surface area contributed by atoms with E-state index < -0.39 is 0 Å². The zero-order valence-electron chi connectivity index (χ0n) is 12.3. The van der Waals surface area contributed by atoms with Crippen LogP contribution in [-0.4, -0.2) is 45.3 Å². The van der Waals surface area contributed by atoms with E-state index in [9.17, 15) is 0 Å². The van der Waals surface area contributed by atoms with Gasteiger partial charge in [-0.05, 0) is 19.4 Å². The van der Waals surface area contributed by atoms with Crippen LogP contribution < -0.4 is 0 Å². The number of aromatic nitrogens is 4. The van der Waals surface area contributed by atoms with E-state index >= 15 is 0 Å². The van der Waals surface area contributed by atoms with Crippen molar-refractivity contribution in [2.24, 2.45) is 0 Å². The van der Waals surface area contributed by atoms with Gasteiger partial charge >= 0.3 is 0 Å². The van der Waals surface area contributed by atoms with Crippen molar-refractivity contribution in [1.29, 1.82) is 0 Å². The Bertz CT molecular complexity index is 541. The van der Waals surface area contributed by atoms with Crippen LogP contribution in [0.15, 0.2) is 10.9 Å². The number of rotatable bonds is 6. The number of likely N-dealkylation sites (tertiary alicyclic amines) is 1. The van der Waals surface area contributed by atoms with Gasteiger partial charge in [0.1, 0.15) is 6.61 Å². The Morgan fingerprint density at radius 2 is 2.43 bits per heavy atom. The summed E-state index contributed by atoms with van der Waals surface area (Å²) in [4.78, 5) is 11.4. The first-order valence-electron chi connectivity index (χ1n) is 7.38. The van der Waals surface area contributed by atoms with Crippen molar-refractivity contribution in [3.63, 3.8) is 0 Å². The van der Waals surface area contributed by atoms with Gasteiger partial charge in [0, 0.05) is 25.5 Å². The molecule has 0 aliphatic carbocycles. The molecule has 7 heteroatoms. The molecule has 114 valence electrons. The standard InChI is InChI=1S/C14H21N5OS/c1-20-8-13-16-14(18-17-13)12-4-2-3-6-19(12)7-5-11-9-21-10-15-11/h9-10,12H,2-8H2,1H3,(H,16,17,18). The smallest absolute Gasteiger partial charge is 0.167 e. The Morgan fingerprint density at radius 1 is 1.48 bits per heavy atom. The Morgan fingerprint density at radius 3 is 3.24 bits per heavy atom. The molecule has 1 N–H and O–H groups in total. The van der Waals surface area contributed by atoms with Crippen molar-refractivity contribution in [1.82, 2.24) is 25.1 Å². The highest BCUT2D eigenvalue weighted by Gasteiger charge is 2.27. The van der Waals surface area contributed by atoms with Gasteiger partial charge in [0.2, 0.25) is 0 Å². The van der Waals surface area contributed by atoms with Crippen molar-refractivity contribution < 1.29 is 4.74 Å². The molecular weight excluding hydrogens is 286 g/mol. The molecule has 0 spiro atoms. The van der Waals surface area contributed by atoms with Crippen LogP contribution in [0.3, 0.4) is 0 Å². The molecule has 2 aromatic heterocycles. The van der Waals surface area contributed by atoms with Crippen molar-refractivity contribution in [2.45, 2.75) is 38.3 Å². The topological polar surface area (TPSA) is 66.9 Å². The fraction of sp³-hybridized carbons (Fsp3) is 0.643. The summed E-state index contributed by atoms with van der Waals surface area (Å²) in [5.41, 5.74) is 3.08. The monoisotopic (exact) mass is 307 g/mol. The molecule has 1 aliphatic rings. The van der Waals surface area contributed by atoms with Gasteiger partial charge in [-0.25, -0.2) is 9.97 Å². The van der Waals surface area contributed by atoms with Gasteiger partial charge in [0.15, 0.2) is 11.6 Å². The highest BCUT2D eigenvalue weighted by atomic mass is 32.1. The summed E-state index contributed by atoms with van der Waals surface area (Å²) >= 11 is 1.66. The van der Waals surface area contributed by atoms with Gasteiger partial charge in [-0.1, -0.05) is 6.42 Å². The first-order chi connectivity index (χ1) is 10.4. The number of nitrogens with one attached hydrogen (secondary N) is 1. The van der Waals surface area contributed by atoms with Crippen molar-refractivity contribution in [3.8, 4) is 0 Å². The number of nitrogens with zero attached hydrogens (tertiary/aromatic N) is 4. The van der Waals surface area contributed by atoms with Crippen LogP contribution in [0.25, 0.3) is 0 Å². The predicted molar refractivity (Wildman–Crippen MR) is 81.1 cm³/mol. The third kappa shape index (κ3) is 3.66. The summed E-state index contributed by atoms with van der Waals surface area (Å²) in [6, 6.07) is 0.319. The fourth-order valence-electron chi connectivity index (χ4n) is 2.83. The van der Waals surface area contributed by atoms with E-state index in [2.05, 4.69) is 30.4 Å². The maximum absolute atomic E-state index is 5.10. The molecule has 6 nitrogen and oxygen atoms in total. The van der Waals surface area contributed by atoms with Gasteiger partial charge in [-0.15, -0.1) is 11.3 Å². The Kier molecular flexibility index (Phi) is 4.95. The molecule has 3 rings (SSSR count). The first kappa shape index (κ1) is 14.6. The average molecular weight is 307 g/mol. The van der Waals surface area contributed by atoms with Gasteiger partial charge in [-0.2, -0.15) is 5.10 Å². The second-order valence-electron chi connectivity index (χ2n) is 5.35. The van der Waals surface area contributed by atoms with Crippen LogP contribution in [0.4, 0.5) is 0 Å². The van der Waals surface area contributed by atoms with Crippen molar-refractivity contribution in [2.75, 3.05) is 20.2 Å². The van der Waals surface area contributed by atoms with Crippen LogP contribution in [0.1, 0.15) is 42.6 Å². The molecule has 1 fully saturated rings. The van der Waals surface area contributed by atoms with Gasteiger partial charge < -0.3 is 4.74 Å². The molecular formula is C14H21N5OS. The normalized spacial score (nSPS) is 20.0. The highest BCUT2D eigenvalue weighted by Crippen LogP contribution is 2.28.